The molecule has 90 valence electrons. The number of hydrogen-bond donors (Lipinski definition) is 3. The van der Waals surface area contributed by atoms with Gasteiger partial charge in [-0.2, -0.15) is 0 Å². The molecule has 0 saturated heterocycles. The van der Waals surface area contributed by atoms with Crippen molar-refractivity contribution in [2.75, 3.05) is 27.2 Å². The molecule has 0 amide bonds. The number of aliphatic imine (C=N–C) groups is 1. The average Bonchev–Trinajstić information content (AvgIpc) is 2.10. The second kappa shape index (κ2) is 7.48. The van der Waals surface area contributed by atoms with E-state index in [9.17, 15) is 0 Å². The van der Waals surface area contributed by atoms with Gasteiger partial charge >= 0.3 is 0 Å². The largest absolute Gasteiger partial charge is 0.352 e. The molecule has 1 unspecified atom stereocenters. The van der Waals surface area contributed by atoms with Crippen molar-refractivity contribution in [2.45, 2.75) is 26.8 Å². The molecule has 0 aromatic rings. The van der Waals surface area contributed by atoms with E-state index in [4.69, 9.17) is 5.84 Å². The zero-order valence-electron chi connectivity index (χ0n) is 10.5. The van der Waals surface area contributed by atoms with Gasteiger partial charge in [0.15, 0.2) is 0 Å². The van der Waals surface area contributed by atoms with Crippen molar-refractivity contribution in [2.24, 2.45) is 16.8 Å². The summed E-state index contributed by atoms with van der Waals surface area (Å²) < 4.78 is 0. The third-order valence-corrected chi connectivity index (χ3v) is 1.77. The number of nitrogens with one attached hydrogen (secondary N) is 2. The first-order valence-corrected chi connectivity index (χ1v) is 5.38. The standard InChI is InChI=1S/C10H25N5/c1-8(2)6-12-10(14-11)13-9(3)7-15(4)5/h8-9H,6-7,11H2,1-5H3,(H2,12,13,14). The summed E-state index contributed by atoms with van der Waals surface area (Å²) in [4.78, 5) is 6.46. The Morgan fingerprint density at radius 1 is 1.33 bits per heavy atom. The molecule has 5 nitrogen and oxygen atoms in total. The van der Waals surface area contributed by atoms with Crippen LogP contribution in [0.1, 0.15) is 20.8 Å². The van der Waals surface area contributed by atoms with E-state index in [1.54, 1.807) is 0 Å². The van der Waals surface area contributed by atoms with Crippen LogP contribution in [0.5, 0.6) is 0 Å². The molecule has 0 saturated carbocycles. The number of rotatable bonds is 5. The highest BCUT2D eigenvalue weighted by Crippen LogP contribution is 1.91. The van der Waals surface area contributed by atoms with Gasteiger partial charge in [0.1, 0.15) is 0 Å². The predicted molar refractivity (Wildman–Crippen MR) is 65.6 cm³/mol. The van der Waals surface area contributed by atoms with Crippen LogP contribution < -0.4 is 16.6 Å². The predicted octanol–water partition coefficient (Wildman–Crippen LogP) is 0.00140. The van der Waals surface area contributed by atoms with E-state index in [1.807, 2.05) is 14.1 Å². The summed E-state index contributed by atoms with van der Waals surface area (Å²) in [5.41, 5.74) is 2.58. The van der Waals surface area contributed by atoms with E-state index < -0.39 is 0 Å². The highest BCUT2D eigenvalue weighted by molar-refractivity contribution is 5.79. The Bertz CT molecular complexity index is 188. The molecule has 0 fully saturated rings. The van der Waals surface area contributed by atoms with E-state index in [0.717, 1.165) is 13.1 Å². The third kappa shape index (κ3) is 8.20. The van der Waals surface area contributed by atoms with Crippen LogP contribution >= 0.6 is 0 Å². The lowest BCUT2D eigenvalue weighted by molar-refractivity contribution is 0.368. The number of likely N-dealkylation sites (N-methyl/N-ethyl adjacent to an activating group) is 1. The van der Waals surface area contributed by atoms with Gasteiger partial charge in [-0.05, 0) is 26.9 Å². The summed E-state index contributed by atoms with van der Waals surface area (Å²) in [6.45, 7) is 8.08. The van der Waals surface area contributed by atoms with Crippen LogP contribution in [-0.4, -0.2) is 44.1 Å². The average molecular weight is 215 g/mol. The minimum absolute atomic E-state index is 0.321. The molecule has 0 aromatic heterocycles. The molecule has 0 aromatic carbocycles. The summed E-state index contributed by atoms with van der Waals surface area (Å²) in [7, 11) is 4.08. The Morgan fingerprint density at radius 3 is 2.33 bits per heavy atom. The maximum Gasteiger partial charge on any atom is 0.205 e. The summed E-state index contributed by atoms with van der Waals surface area (Å²) in [5.74, 6) is 6.59. The van der Waals surface area contributed by atoms with Crippen molar-refractivity contribution < 1.29 is 0 Å². The monoisotopic (exact) mass is 215 g/mol. The highest BCUT2D eigenvalue weighted by Gasteiger charge is 2.05. The van der Waals surface area contributed by atoms with Gasteiger partial charge in [-0.15, -0.1) is 0 Å². The Hall–Kier alpha value is -0.810. The minimum atomic E-state index is 0.321. The number of guanidine groups is 1. The second-order valence-corrected chi connectivity index (χ2v) is 4.54. The molecule has 0 bridgehead atoms. The van der Waals surface area contributed by atoms with Crippen molar-refractivity contribution in [3.8, 4) is 0 Å². The molecule has 0 radical (unpaired) electrons. The first-order valence-electron chi connectivity index (χ1n) is 5.38. The molecule has 0 aliphatic rings. The third-order valence-electron chi connectivity index (χ3n) is 1.77. The normalized spacial score (nSPS) is 14.5. The van der Waals surface area contributed by atoms with Crippen molar-refractivity contribution in [1.82, 2.24) is 15.6 Å². The van der Waals surface area contributed by atoms with Crippen LogP contribution in [-0.2, 0) is 0 Å². The van der Waals surface area contributed by atoms with Crippen LogP contribution in [0.25, 0.3) is 0 Å². The summed E-state index contributed by atoms with van der Waals surface area (Å²) in [5, 5.41) is 3.23. The minimum Gasteiger partial charge on any atom is -0.352 e. The molecule has 5 heteroatoms. The Labute approximate surface area is 93.1 Å². The SMILES string of the molecule is CC(C)CN=C(NN)NC(C)CN(C)C. The maximum absolute atomic E-state index is 5.38. The van der Waals surface area contributed by atoms with Crippen molar-refractivity contribution in [3.05, 3.63) is 0 Å². The van der Waals surface area contributed by atoms with Crippen molar-refractivity contribution in [3.63, 3.8) is 0 Å². The quantitative estimate of drug-likeness (QED) is 0.261. The fraction of sp³-hybridized carbons (Fsp3) is 0.900. The fourth-order valence-electron chi connectivity index (χ4n) is 1.23. The van der Waals surface area contributed by atoms with Gasteiger partial charge in [0.25, 0.3) is 0 Å². The van der Waals surface area contributed by atoms with E-state index in [1.165, 1.54) is 0 Å². The Kier molecular flexibility index (Phi) is 7.07. The van der Waals surface area contributed by atoms with Gasteiger partial charge in [0.05, 0.1) is 0 Å². The van der Waals surface area contributed by atoms with Gasteiger partial charge in [-0.3, -0.25) is 10.4 Å². The van der Waals surface area contributed by atoms with Crippen LogP contribution in [0.4, 0.5) is 0 Å². The summed E-state index contributed by atoms with van der Waals surface area (Å²) in [6, 6.07) is 0.321. The van der Waals surface area contributed by atoms with Crippen molar-refractivity contribution >= 4 is 5.96 Å². The lowest BCUT2D eigenvalue weighted by Crippen LogP contribution is -2.48. The smallest absolute Gasteiger partial charge is 0.205 e. The first kappa shape index (κ1) is 14.2. The Balaban J connectivity index is 4.02. The fourth-order valence-corrected chi connectivity index (χ4v) is 1.23. The summed E-state index contributed by atoms with van der Waals surface area (Å²) >= 11 is 0. The lowest BCUT2D eigenvalue weighted by atomic mass is 10.2. The van der Waals surface area contributed by atoms with Gasteiger partial charge in [0, 0.05) is 19.1 Å². The van der Waals surface area contributed by atoms with Crippen LogP contribution in [0.15, 0.2) is 4.99 Å². The zero-order chi connectivity index (χ0) is 11.8. The molecule has 4 N–H and O–H groups in total. The topological polar surface area (TPSA) is 65.7 Å². The molecule has 0 heterocycles. The molecular formula is C10H25N5. The van der Waals surface area contributed by atoms with Gasteiger partial charge in [0.2, 0.25) is 5.96 Å². The Morgan fingerprint density at radius 2 is 1.93 bits per heavy atom. The zero-order valence-corrected chi connectivity index (χ0v) is 10.5. The number of nitrogens with zero attached hydrogens (tertiary/aromatic N) is 2. The molecule has 0 aliphatic carbocycles. The van der Waals surface area contributed by atoms with Gasteiger partial charge in [-0.25, -0.2) is 5.84 Å². The van der Waals surface area contributed by atoms with Gasteiger partial charge < -0.3 is 10.2 Å². The number of nitrogens with two attached hydrogens (primary N) is 1. The van der Waals surface area contributed by atoms with Crippen LogP contribution in [0, 0.1) is 5.92 Å². The number of hydrogen-bond acceptors (Lipinski definition) is 3. The molecule has 1 atom stereocenters. The molecule has 0 aliphatic heterocycles. The molecular weight excluding hydrogens is 190 g/mol. The van der Waals surface area contributed by atoms with E-state index in [-0.39, 0.29) is 0 Å². The van der Waals surface area contributed by atoms with Gasteiger partial charge in [-0.1, -0.05) is 13.8 Å². The summed E-state index contributed by atoms with van der Waals surface area (Å²) in [6.07, 6.45) is 0. The lowest BCUT2D eigenvalue weighted by Gasteiger charge is -2.20. The molecule has 0 spiro atoms. The van der Waals surface area contributed by atoms with E-state index in [2.05, 4.69) is 41.4 Å². The van der Waals surface area contributed by atoms with Crippen LogP contribution in [0.2, 0.25) is 0 Å². The number of hydrazine groups is 1. The highest BCUT2D eigenvalue weighted by atomic mass is 15.3. The molecule has 0 rings (SSSR count). The second-order valence-electron chi connectivity index (χ2n) is 4.54. The van der Waals surface area contributed by atoms with Crippen LogP contribution in [0.3, 0.4) is 0 Å². The molecule has 15 heavy (non-hydrogen) atoms. The van der Waals surface area contributed by atoms with Crippen molar-refractivity contribution in [1.29, 1.82) is 0 Å². The van der Waals surface area contributed by atoms with E-state index >= 15 is 0 Å². The first-order chi connectivity index (χ1) is 6.95. The maximum atomic E-state index is 5.38. The van der Waals surface area contributed by atoms with E-state index in [0.29, 0.717) is 17.9 Å².